The number of aryl methyl sites for hydroxylation is 3. The van der Waals surface area contributed by atoms with Crippen LogP contribution in [0.1, 0.15) is 41.6 Å². The van der Waals surface area contributed by atoms with Crippen molar-refractivity contribution in [2.45, 2.75) is 39.2 Å². The van der Waals surface area contributed by atoms with Crippen LogP contribution < -0.4 is 5.32 Å². The standard InChI is InChI=1S/C18H20FN/c1-12-6-9-17(19)18(10-12)20-13(2)15-8-7-14-4-3-5-16(14)11-15/h6-11,13,20H,3-5H2,1-2H3. The van der Waals surface area contributed by atoms with Crippen molar-refractivity contribution in [3.05, 3.63) is 64.5 Å². The van der Waals surface area contributed by atoms with Crippen LogP contribution in [0.15, 0.2) is 36.4 Å². The largest absolute Gasteiger partial charge is 0.376 e. The zero-order valence-electron chi connectivity index (χ0n) is 12.0. The summed E-state index contributed by atoms with van der Waals surface area (Å²) in [4.78, 5) is 0. The van der Waals surface area contributed by atoms with Crippen molar-refractivity contribution < 1.29 is 4.39 Å². The third-order valence-corrected chi connectivity index (χ3v) is 4.12. The lowest BCUT2D eigenvalue weighted by molar-refractivity contribution is 0.627. The van der Waals surface area contributed by atoms with Gasteiger partial charge in [0.2, 0.25) is 0 Å². The van der Waals surface area contributed by atoms with E-state index in [1.54, 1.807) is 6.07 Å². The Morgan fingerprint density at radius 1 is 1.05 bits per heavy atom. The van der Waals surface area contributed by atoms with Gasteiger partial charge in [0.25, 0.3) is 0 Å². The molecule has 2 heteroatoms. The second-order valence-corrected chi connectivity index (χ2v) is 5.73. The first-order chi connectivity index (χ1) is 9.63. The van der Waals surface area contributed by atoms with Gasteiger partial charge in [-0.25, -0.2) is 4.39 Å². The van der Waals surface area contributed by atoms with E-state index in [1.165, 1.54) is 42.0 Å². The minimum atomic E-state index is -0.191. The van der Waals surface area contributed by atoms with Gasteiger partial charge in [0.1, 0.15) is 5.82 Å². The molecule has 0 heterocycles. The summed E-state index contributed by atoms with van der Waals surface area (Å²) in [5, 5.41) is 3.28. The number of benzene rings is 2. The summed E-state index contributed by atoms with van der Waals surface area (Å²) in [6.45, 7) is 4.06. The lowest BCUT2D eigenvalue weighted by atomic mass is 10.0. The van der Waals surface area contributed by atoms with E-state index >= 15 is 0 Å². The fourth-order valence-electron chi connectivity index (χ4n) is 2.93. The zero-order chi connectivity index (χ0) is 14.1. The highest BCUT2D eigenvalue weighted by atomic mass is 19.1. The number of nitrogens with one attached hydrogen (secondary N) is 1. The highest BCUT2D eigenvalue weighted by Crippen LogP contribution is 2.27. The second kappa shape index (κ2) is 5.28. The molecule has 1 aliphatic carbocycles. The van der Waals surface area contributed by atoms with Crippen molar-refractivity contribution in [2.24, 2.45) is 0 Å². The zero-order valence-corrected chi connectivity index (χ0v) is 12.0. The van der Waals surface area contributed by atoms with Crippen LogP contribution in [-0.2, 0) is 12.8 Å². The molecule has 2 aromatic rings. The summed E-state index contributed by atoms with van der Waals surface area (Å²) in [7, 11) is 0. The topological polar surface area (TPSA) is 12.0 Å². The fraction of sp³-hybridized carbons (Fsp3) is 0.333. The average Bonchev–Trinajstić information content (AvgIpc) is 2.90. The molecule has 3 rings (SSSR count). The SMILES string of the molecule is Cc1ccc(F)c(NC(C)c2ccc3c(c2)CCC3)c1. The summed E-state index contributed by atoms with van der Waals surface area (Å²) >= 11 is 0. The Labute approximate surface area is 119 Å². The molecule has 1 aliphatic rings. The molecule has 1 N–H and O–H groups in total. The lowest BCUT2D eigenvalue weighted by Crippen LogP contribution is -2.08. The highest BCUT2D eigenvalue weighted by molar-refractivity contribution is 5.49. The molecular weight excluding hydrogens is 249 g/mol. The predicted octanol–water partition coefficient (Wildman–Crippen LogP) is 4.80. The molecule has 0 saturated carbocycles. The predicted molar refractivity (Wildman–Crippen MR) is 81.6 cm³/mol. The molecule has 0 aromatic heterocycles. The minimum absolute atomic E-state index is 0.109. The van der Waals surface area contributed by atoms with E-state index in [1.807, 2.05) is 13.0 Å². The van der Waals surface area contributed by atoms with E-state index in [9.17, 15) is 4.39 Å². The summed E-state index contributed by atoms with van der Waals surface area (Å²) in [5.74, 6) is -0.191. The Hall–Kier alpha value is -1.83. The molecule has 0 bridgehead atoms. The van der Waals surface area contributed by atoms with Gasteiger partial charge < -0.3 is 5.32 Å². The third kappa shape index (κ3) is 2.55. The summed E-state index contributed by atoms with van der Waals surface area (Å²) in [5.41, 5.74) is 5.81. The van der Waals surface area contributed by atoms with E-state index in [-0.39, 0.29) is 11.9 Å². The van der Waals surface area contributed by atoms with Crippen LogP contribution in [0.25, 0.3) is 0 Å². The minimum Gasteiger partial charge on any atom is -0.376 e. The molecule has 20 heavy (non-hydrogen) atoms. The number of hydrogen-bond donors (Lipinski definition) is 1. The maximum Gasteiger partial charge on any atom is 0.146 e. The molecule has 1 unspecified atom stereocenters. The van der Waals surface area contributed by atoms with Crippen LogP contribution >= 0.6 is 0 Å². The van der Waals surface area contributed by atoms with Crippen molar-refractivity contribution in [1.29, 1.82) is 0 Å². The fourth-order valence-corrected chi connectivity index (χ4v) is 2.93. The van der Waals surface area contributed by atoms with Gasteiger partial charge in [0, 0.05) is 6.04 Å². The molecule has 104 valence electrons. The Morgan fingerprint density at radius 3 is 2.70 bits per heavy atom. The van der Waals surface area contributed by atoms with Crippen molar-refractivity contribution in [1.82, 2.24) is 0 Å². The van der Waals surface area contributed by atoms with Crippen molar-refractivity contribution in [2.75, 3.05) is 5.32 Å². The van der Waals surface area contributed by atoms with Gasteiger partial charge in [-0.1, -0.05) is 24.3 Å². The first-order valence-corrected chi connectivity index (χ1v) is 7.28. The monoisotopic (exact) mass is 269 g/mol. The first-order valence-electron chi connectivity index (χ1n) is 7.28. The molecule has 1 atom stereocenters. The number of anilines is 1. The van der Waals surface area contributed by atoms with Crippen LogP contribution in [0.2, 0.25) is 0 Å². The molecule has 0 fully saturated rings. The molecule has 1 nitrogen and oxygen atoms in total. The van der Waals surface area contributed by atoms with Gasteiger partial charge in [0.15, 0.2) is 0 Å². The van der Waals surface area contributed by atoms with Gasteiger partial charge in [-0.15, -0.1) is 0 Å². The van der Waals surface area contributed by atoms with Crippen LogP contribution in [0, 0.1) is 12.7 Å². The van der Waals surface area contributed by atoms with Crippen molar-refractivity contribution in [3.8, 4) is 0 Å². The summed E-state index contributed by atoms with van der Waals surface area (Å²) < 4.78 is 13.8. The normalized spacial score (nSPS) is 14.9. The Kier molecular flexibility index (Phi) is 3.47. The van der Waals surface area contributed by atoms with Gasteiger partial charge in [-0.3, -0.25) is 0 Å². The van der Waals surface area contributed by atoms with Crippen LogP contribution in [-0.4, -0.2) is 0 Å². The average molecular weight is 269 g/mol. The maximum absolute atomic E-state index is 13.8. The van der Waals surface area contributed by atoms with Gasteiger partial charge >= 0.3 is 0 Å². The Morgan fingerprint density at radius 2 is 1.85 bits per heavy atom. The van der Waals surface area contributed by atoms with Gasteiger partial charge in [0.05, 0.1) is 5.69 Å². The number of halogens is 1. The molecule has 0 spiro atoms. The second-order valence-electron chi connectivity index (χ2n) is 5.73. The molecule has 0 aliphatic heterocycles. The molecular formula is C18H20FN. The Balaban J connectivity index is 1.82. The van der Waals surface area contributed by atoms with Crippen molar-refractivity contribution >= 4 is 5.69 Å². The summed E-state index contributed by atoms with van der Waals surface area (Å²) in [6.07, 6.45) is 3.63. The van der Waals surface area contributed by atoms with E-state index in [2.05, 4.69) is 30.4 Å². The third-order valence-electron chi connectivity index (χ3n) is 4.12. The highest BCUT2D eigenvalue weighted by Gasteiger charge is 2.14. The quantitative estimate of drug-likeness (QED) is 0.844. The molecule has 0 saturated heterocycles. The summed E-state index contributed by atoms with van der Waals surface area (Å²) in [6, 6.07) is 11.9. The molecule has 2 aromatic carbocycles. The van der Waals surface area contributed by atoms with Crippen molar-refractivity contribution in [3.63, 3.8) is 0 Å². The first kappa shape index (κ1) is 13.2. The smallest absolute Gasteiger partial charge is 0.146 e. The molecule has 0 radical (unpaired) electrons. The number of hydrogen-bond acceptors (Lipinski definition) is 1. The number of rotatable bonds is 3. The van der Waals surface area contributed by atoms with E-state index < -0.39 is 0 Å². The molecule has 0 amide bonds. The van der Waals surface area contributed by atoms with Crippen LogP contribution in [0.4, 0.5) is 10.1 Å². The van der Waals surface area contributed by atoms with Gasteiger partial charge in [-0.05, 0) is 67.5 Å². The Bertz CT molecular complexity index is 633. The van der Waals surface area contributed by atoms with Gasteiger partial charge in [-0.2, -0.15) is 0 Å². The van der Waals surface area contributed by atoms with E-state index in [0.29, 0.717) is 5.69 Å². The van der Waals surface area contributed by atoms with E-state index in [4.69, 9.17) is 0 Å². The van der Waals surface area contributed by atoms with E-state index in [0.717, 1.165) is 5.56 Å². The maximum atomic E-state index is 13.8. The number of fused-ring (bicyclic) bond motifs is 1. The van der Waals surface area contributed by atoms with Crippen LogP contribution in [0.5, 0.6) is 0 Å². The van der Waals surface area contributed by atoms with Crippen LogP contribution in [0.3, 0.4) is 0 Å². The lowest BCUT2D eigenvalue weighted by Gasteiger charge is -2.17.